The van der Waals surface area contributed by atoms with Crippen molar-refractivity contribution in [2.24, 2.45) is 5.73 Å². The van der Waals surface area contributed by atoms with Crippen LogP contribution in [0.3, 0.4) is 0 Å². The van der Waals surface area contributed by atoms with Crippen molar-refractivity contribution < 1.29 is 13.6 Å². The zero-order chi connectivity index (χ0) is 9.84. The number of nitrogens with two attached hydrogens (primary N) is 1. The number of hydrogen-bond acceptors (Lipinski definition) is 3. The highest BCUT2D eigenvalue weighted by atomic mass is 19.3. The van der Waals surface area contributed by atoms with Gasteiger partial charge in [0.2, 0.25) is 0 Å². The number of halogens is 2. The van der Waals surface area contributed by atoms with Crippen LogP contribution >= 0.6 is 0 Å². The maximum Gasteiger partial charge on any atom is 0.280 e. The quantitative estimate of drug-likeness (QED) is 0.723. The van der Waals surface area contributed by atoms with Gasteiger partial charge >= 0.3 is 0 Å². The largest absolute Gasteiger partial charge is 0.326 e. The normalized spacial score (nSPS) is 10.5. The molecule has 1 aromatic heterocycles. The fourth-order valence-electron chi connectivity index (χ4n) is 1.05. The average molecular weight is 186 g/mol. The number of carbonyl (C=O) groups excluding carboxylic acids is 1. The Hall–Kier alpha value is -1.36. The van der Waals surface area contributed by atoms with Crippen LogP contribution < -0.4 is 5.73 Å². The van der Waals surface area contributed by atoms with E-state index in [2.05, 4.69) is 4.98 Å². The molecule has 0 amide bonds. The highest BCUT2D eigenvalue weighted by Crippen LogP contribution is 2.21. The fraction of sp³-hybridized carbons (Fsp3) is 0.250. The van der Waals surface area contributed by atoms with Gasteiger partial charge in [-0.1, -0.05) is 0 Å². The first-order valence-corrected chi connectivity index (χ1v) is 3.62. The van der Waals surface area contributed by atoms with Crippen LogP contribution in [-0.2, 0) is 6.54 Å². The van der Waals surface area contributed by atoms with Crippen molar-refractivity contribution in [1.82, 2.24) is 4.98 Å². The minimum absolute atomic E-state index is 0.110. The molecule has 0 bridgehead atoms. The molecule has 70 valence electrons. The summed E-state index contributed by atoms with van der Waals surface area (Å²) in [6.45, 7) is -0.110. The number of aromatic nitrogens is 1. The molecule has 0 spiro atoms. The van der Waals surface area contributed by atoms with Crippen LogP contribution in [0.5, 0.6) is 0 Å². The number of hydrogen-bond donors (Lipinski definition) is 1. The molecule has 0 saturated carbocycles. The van der Waals surface area contributed by atoms with Gasteiger partial charge in [0.05, 0.1) is 0 Å². The van der Waals surface area contributed by atoms with Crippen LogP contribution in [0, 0.1) is 0 Å². The third-order valence-electron chi connectivity index (χ3n) is 1.66. The van der Waals surface area contributed by atoms with Gasteiger partial charge in [0, 0.05) is 23.9 Å². The monoisotopic (exact) mass is 186 g/mol. The van der Waals surface area contributed by atoms with Crippen molar-refractivity contribution in [3.63, 3.8) is 0 Å². The van der Waals surface area contributed by atoms with Crippen molar-refractivity contribution in [3.8, 4) is 0 Å². The summed E-state index contributed by atoms with van der Waals surface area (Å²) in [4.78, 5) is 13.9. The van der Waals surface area contributed by atoms with Gasteiger partial charge in [0.25, 0.3) is 6.43 Å². The number of rotatable bonds is 3. The molecule has 0 aliphatic rings. The third-order valence-corrected chi connectivity index (χ3v) is 1.66. The van der Waals surface area contributed by atoms with E-state index in [0.717, 1.165) is 0 Å². The highest BCUT2D eigenvalue weighted by molar-refractivity contribution is 5.77. The Morgan fingerprint density at radius 3 is 2.77 bits per heavy atom. The van der Waals surface area contributed by atoms with Crippen LogP contribution in [0.1, 0.15) is 28.0 Å². The summed E-state index contributed by atoms with van der Waals surface area (Å²) in [6.07, 6.45) is -1.03. The minimum Gasteiger partial charge on any atom is -0.326 e. The molecule has 2 N–H and O–H groups in total. The summed E-state index contributed by atoms with van der Waals surface area (Å²) in [5.74, 6) is 0. The first-order chi connectivity index (χ1) is 6.20. The lowest BCUT2D eigenvalue weighted by Gasteiger charge is -2.06. The number of carbonyl (C=O) groups is 1. The van der Waals surface area contributed by atoms with Crippen molar-refractivity contribution in [1.29, 1.82) is 0 Å². The van der Waals surface area contributed by atoms with Crippen LogP contribution in [0.2, 0.25) is 0 Å². The lowest BCUT2D eigenvalue weighted by Crippen LogP contribution is -2.07. The summed E-state index contributed by atoms with van der Waals surface area (Å²) < 4.78 is 24.6. The highest BCUT2D eigenvalue weighted by Gasteiger charge is 2.15. The molecule has 0 aromatic carbocycles. The van der Waals surface area contributed by atoms with E-state index in [1.165, 1.54) is 12.3 Å². The Labute approximate surface area is 73.6 Å². The van der Waals surface area contributed by atoms with E-state index in [-0.39, 0.29) is 17.7 Å². The molecular formula is C8H8F2N2O. The van der Waals surface area contributed by atoms with Crippen molar-refractivity contribution in [3.05, 3.63) is 29.1 Å². The molecule has 0 saturated heterocycles. The maximum absolute atomic E-state index is 12.3. The lowest BCUT2D eigenvalue weighted by molar-refractivity contribution is 0.112. The van der Waals surface area contributed by atoms with Crippen molar-refractivity contribution >= 4 is 6.29 Å². The second-order valence-corrected chi connectivity index (χ2v) is 2.39. The molecular weight excluding hydrogens is 178 g/mol. The van der Waals surface area contributed by atoms with Gasteiger partial charge in [-0.25, -0.2) is 8.78 Å². The zero-order valence-electron chi connectivity index (χ0n) is 6.71. The standard InChI is InChI=1S/C8H8F2N2O/c9-8(10)7-6(3-11)5(4-13)1-2-12-7/h1-2,4,8H,3,11H2. The maximum atomic E-state index is 12.3. The lowest BCUT2D eigenvalue weighted by atomic mass is 10.1. The smallest absolute Gasteiger partial charge is 0.280 e. The number of aldehydes is 1. The molecule has 1 aromatic rings. The summed E-state index contributed by atoms with van der Waals surface area (Å²) in [5, 5.41) is 0. The first kappa shape index (κ1) is 9.73. The van der Waals surface area contributed by atoms with E-state index in [9.17, 15) is 13.6 Å². The van der Waals surface area contributed by atoms with E-state index in [1.807, 2.05) is 0 Å². The van der Waals surface area contributed by atoms with Crippen LogP contribution in [0.4, 0.5) is 8.78 Å². The van der Waals surface area contributed by atoms with Crippen LogP contribution in [-0.4, -0.2) is 11.3 Å². The van der Waals surface area contributed by atoms with Gasteiger partial charge in [-0.05, 0) is 6.07 Å². The topological polar surface area (TPSA) is 56.0 Å². The van der Waals surface area contributed by atoms with Crippen LogP contribution in [0.15, 0.2) is 12.3 Å². The molecule has 0 aliphatic heterocycles. The number of pyridine rings is 1. The summed E-state index contributed by atoms with van der Waals surface area (Å²) in [7, 11) is 0. The van der Waals surface area contributed by atoms with Gasteiger partial charge in [0.1, 0.15) is 5.69 Å². The molecule has 1 heterocycles. The minimum atomic E-state index is -2.70. The Bertz CT molecular complexity index is 315. The summed E-state index contributed by atoms with van der Waals surface area (Å²) in [6, 6.07) is 1.36. The Balaban J connectivity index is 3.26. The molecule has 3 nitrogen and oxygen atoms in total. The second kappa shape index (κ2) is 4.04. The molecule has 0 aliphatic carbocycles. The first-order valence-electron chi connectivity index (χ1n) is 3.62. The Morgan fingerprint density at radius 1 is 1.62 bits per heavy atom. The van der Waals surface area contributed by atoms with E-state index in [4.69, 9.17) is 5.73 Å². The van der Waals surface area contributed by atoms with Gasteiger partial charge in [0.15, 0.2) is 6.29 Å². The molecule has 5 heteroatoms. The van der Waals surface area contributed by atoms with E-state index >= 15 is 0 Å². The molecule has 13 heavy (non-hydrogen) atoms. The molecule has 0 atom stereocenters. The predicted molar refractivity (Wildman–Crippen MR) is 42.5 cm³/mol. The Morgan fingerprint density at radius 2 is 2.31 bits per heavy atom. The molecule has 1 rings (SSSR count). The number of alkyl halides is 2. The summed E-state index contributed by atoms with van der Waals surface area (Å²) in [5.41, 5.74) is 5.11. The zero-order valence-corrected chi connectivity index (χ0v) is 6.71. The van der Waals surface area contributed by atoms with Gasteiger partial charge in [-0.3, -0.25) is 9.78 Å². The van der Waals surface area contributed by atoms with Crippen molar-refractivity contribution in [2.45, 2.75) is 13.0 Å². The van der Waals surface area contributed by atoms with E-state index in [1.54, 1.807) is 0 Å². The van der Waals surface area contributed by atoms with Gasteiger partial charge < -0.3 is 5.73 Å². The van der Waals surface area contributed by atoms with E-state index in [0.29, 0.717) is 6.29 Å². The van der Waals surface area contributed by atoms with Crippen LogP contribution in [0.25, 0.3) is 0 Å². The SMILES string of the molecule is NCc1c(C=O)ccnc1C(F)F. The van der Waals surface area contributed by atoms with E-state index < -0.39 is 12.1 Å². The average Bonchev–Trinajstić information content (AvgIpc) is 2.16. The Kier molecular flexibility index (Phi) is 3.02. The molecule has 0 unspecified atom stereocenters. The fourth-order valence-corrected chi connectivity index (χ4v) is 1.05. The number of nitrogens with zero attached hydrogens (tertiary/aromatic N) is 1. The van der Waals surface area contributed by atoms with Gasteiger partial charge in [-0.2, -0.15) is 0 Å². The molecule has 0 fully saturated rings. The van der Waals surface area contributed by atoms with Gasteiger partial charge in [-0.15, -0.1) is 0 Å². The van der Waals surface area contributed by atoms with Crippen molar-refractivity contribution in [2.75, 3.05) is 0 Å². The summed E-state index contributed by atoms with van der Waals surface area (Å²) >= 11 is 0. The second-order valence-electron chi connectivity index (χ2n) is 2.39. The molecule has 0 radical (unpaired) electrons. The third kappa shape index (κ3) is 1.86. The predicted octanol–water partition coefficient (Wildman–Crippen LogP) is 1.29.